The topological polar surface area (TPSA) is 73.9 Å². The van der Waals surface area contributed by atoms with E-state index in [0.717, 1.165) is 11.1 Å². The molecule has 0 bridgehead atoms. The first kappa shape index (κ1) is 21.9. The van der Waals surface area contributed by atoms with E-state index in [0.29, 0.717) is 23.8 Å². The molecule has 3 rings (SSSR count). The van der Waals surface area contributed by atoms with Gasteiger partial charge in [-0.2, -0.15) is 0 Å². The highest BCUT2D eigenvalue weighted by Crippen LogP contribution is 2.28. The number of ether oxygens (including phenoxy) is 3. The molecule has 1 atom stereocenters. The van der Waals surface area contributed by atoms with Crippen molar-refractivity contribution in [2.24, 2.45) is 0 Å². The largest absolute Gasteiger partial charge is 0.490 e. The first-order valence-electron chi connectivity index (χ1n) is 10.1. The number of rotatable bonds is 9. The average Bonchev–Trinajstić information content (AvgIpc) is 2.79. The van der Waals surface area contributed by atoms with Crippen molar-refractivity contribution in [3.63, 3.8) is 0 Å². The lowest BCUT2D eigenvalue weighted by Gasteiger charge is -2.16. The number of benzene rings is 3. The molecule has 0 aliphatic carbocycles. The van der Waals surface area contributed by atoms with Crippen LogP contribution in [0, 0.1) is 0 Å². The highest BCUT2D eigenvalue weighted by Gasteiger charge is 2.20. The van der Waals surface area contributed by atoms with Crippen molar-refractivity contribution in [3.8, 4) is 22.6 Å². The summed E-state index contributed by atoms with van der Waals surface area (Å²) in [6, 6.07) is 24.2. The second-order valence-corrected chi connectivity index (χ2v) is 6.70. The summed E-state index contributed by atoms with van der Waals surface area (Å²) in [7, 11) is 0. The second kappa shape index (κ2) is 10.8. The highest BCUT2D eigenvalue weighted by molar-refractivity contribution is 5.98. The molecule has 0 fully saturated rings. The molecule has 1 N–H and O–H groups in total. The summed E-state index contributed by atoms with van der Waals surface area (Å²) in [4.78, 5) is 24.8. The SMILES string of the molecule is CCOc1ccccc1OCC(=O)O[C@@H](C)C(=O)Nc1ccccc1-c1ccccc1. The number of nitrogens with one attached hydrogen (secondary N) is 1. The monoisotopic (exact) mass is 419 g/mol. The summed E-state index contributed by atoms with van der Waals surface area (Å²) >= 11 is 0. The Hall–Kier alpha value is -3.80. The van der Waals surface area contributed by atoms with Gasteiger partial charge in [0, 0.05) is 11.3 Å². The van der Waals surface area contributed by atoms with E-state index >= 15 is 0 Å². The molecule has 0 heterocycles. The van der Waals surface area contributed by atoms with Crippen molar-refractivity contribution in [1.29, 1.82) is 0 Å². The molecule has 3 aromatic rings. The van der Waals surface area contributed by atoms with Gasteiger partial charge in [-0.3, -0.25) is 4.79 Å². The molecule has 160 valence electrons. The van der Waals surface area contributed by atoms with Gasteiger partial charge in [0.25, 0.3) is 5.91 Å². The summed E-state index contributed by atoms with van der Waals surface area (Å²) < 4.78 is 16.2. The number of hydrogen-bond donors (Lipinski definition) is 1. The second-order valence-electron chi connectivity index (χ2n) is 6.70. The molecule has 6 nitrogen and oxygen atoms in total. The van der Waals surface area contributed by atoms with Crippen molar-refractivity contribution in [2.75, 3.05) is 18.5 Å². The van der Waals surface area contributed by atoms with Crippen LogP contribution >= 0.6 is 0 Å². The molecule has 31 heavy (non-hydrogen) atoms. The van der Waals surface area contributed by atoms with Crippen molar-refractivity contribution in [2.45, 2.75) is 20.0 Å². The zero-order valence-electron chi connectivity index (χ0n) is 17.5. The van der Waals surface area contributed by atoms with Crippen molar-refractivity contribution in [1.82, 2.24) is 0 Å². The molecule has 0 unspecified atom stereocenters. The molecule has 0 saturated heterocycles. The quantitative estimate of drug-likeness (QED) is 0.509. The molecular weight excluding hydrogens is 394 g/mol. The average molecular weight is 419 g/mol. The zero-order valence-corrected chi connectivity index (χ0v) is 17.5. The van der Waals surface area contributed by atoms with Gasteiger partial charge in [0.05, 0.1) is 6.61 Å². The maximum Gasteiger partial charge on any atom is 0.344 e. The van der Waals surface area contributed by atoms with Gasteiger partial charge in [0.2, 0.25) is 0 Å². The van der Waals surface area contributed by atoms with Gasteiger partial charge in [-0.25, -0.2) is 4.79 Å². The third-order valence-electron chi connectivity index (χ3n) is 4.44. The zero-order chi connectivity index (χ0) is 22.1. The van der Waals surface area contributed by atoms with Crippen LogP contribution in [0.3, 0.4) is 0 Å². The number of carbonyl (C=O) groups excluding carboxylic acids is 2. The Kier molecular flexibility index (Phi) is 7.65. The Balaban J connectivity index is 1.57. The van der Waals surface area contributed by atoms with E-state index in [1.54, 1.807) is 18.2 Å². The Bertz CT molecular complexity index is 1020. The summed E-state index contributed by atoms with van der Waals surface area (Å²) in [5.41, 5.74) is 2.50. The van der Waals surface area contributed by atoms with Crippen LogP contribution in [-0.2, 0) is 14.3 Å². The van der Waals surface area contributed by atoms with Crippen LogP contribution in [0.25, 0.3) is 11.1 Å². The van der Waals surface area contributed by atoms with E-state index in [9.17, 15) is 9.59 Å². The normalized spacial score (nSPS) is 11.3. The minimum atomic E-state index is -0.984. The predicted octanol–water partition coefficient (Wildman–Crippen LogP) is 4.70. The lowest BCUT2D eigenvalue weighted by Crippen LogP contribution is -2.31. The molecular formula is C25H25NO5. The van der Waals surface area contributed by atoms with Gasteiger partial charge in [-0.15, -0.1) is 0 Å². The van der Waals surface area contributed by atoms with Crippen LogP contribution in [0.1, 0.15) is 13.8 Å². The Morgan fingerprint density at radius 3 is 2.16 bits per heavy atom. The van der Waals surface area contributed by atoms with Gasteiger partial charge in [0.15, 0.2) is 24.2 Å². The van der Waals surface area contributed by atoms with Crippen LogP contribution in [0.5, 0.6) is 11.5 Å². The predicted molar refractivity (Wildman–Crippen MR) is 119 cm³/mol. The fourth-order valence-corrected chi connectivity index (χ4v) is 2.96. The fraction of sp³-hybridized carbons (Fsp3) is 0.200. The molecule has 0 radical (unpaired) electrons. The summed E-state index contributed by atoms with van der Waals surface area (Å²) in [6.07, 6.45) is -0.984. The van der Waals surface area contributed by atoms with E-state index in [2.05, 4.69) is 5.32 Å². The first-order valence-corrected chi connectivity index (χ1v) is 10.1. The molecule has 6 heteroatoms. The number of anilines is 1. The van der Waals surface area contributed by atoms with Crippen molar-refractivity contribution in [3.05, 3.63) is 78.9 Å². The standard InChI is InChI=1S/C25H25NO5/c1-3-29-22-15-9-10-16-23(22)30-17-24(27)31-18(2)25(28)26-21-14-8-7-13-20(21)19-11-5-4-6-12-19/h4-16,18H,3,17H2,1-2H3,(H,26,28)/t18-/m0/s1. The third kappa shape index (κ3) is 6.09. The Morgan fingerprint density at radius 2 is 1.45 bits per heavy atom. The van der Waals surface area contributed by atoms with E-state index in [-0.39, 0.29) is 6.61 Å². The van der Waals surface area contributed by atoms with E-state index < -0.39 is 18.0 Å². The van der Waals surface area contributed by atoms with Gasteiger partial charge < -0.3 is 19.5 Å². The third-order valence-corrected chi connectivity index (χ3v) is 4.44. The highest BCUT2D eigenvalue weighted by atomic mass is 16.6. The van der Waals surface area contributed by atoms with Gasteiger partial charge >= 0.3 is 5.97 Å². The molecule has 0 aromatic heterocycles. The molecule has 0 saturated carbocycles. The summed E-state index contributed by atoms with van der Waals surface area (Å²) in [5, 5.41) is 2.84. The van der Waals surface area contributed by atoms with E-state index in [1.165, 1.54) is 6.92 Å². The van der Waals surface area contributed by atoms with Gasteiger partial charge in [0.1, 0.15) is 0 Å². The lowest BCUT2D eigenvalue weighted by atomic mass is 10.0. The Labute approximate surface area is 181 Å². The molecule has 3 aromatic carbocycles. The number of amides is 1. The minimum Gasteiger partial charge on any atom is -0.490 e. The van der Waals surface area contributed by atoms with Crippen LogP contribution < -0.4 is 14.8 Å². The van der Waals surface area contributed by atoms with E-state index in [1.807, 2.05) is 67.6 Å². The maximum absolute atomic E-state index is 12.6. The minimum absolute atomic E-state index is 0.331. The van der Waals surface area contributed by atoms with Crippen LogP contribution in [0.2, 0.25) is 0 Å². The van der Waals surface area contributed by atoms with Crippen LogP contribution in [0.4, 0.5) is 5.69 Å². The Morgan fingerprint density at radius 1 is 0.839 bits per heavy atom. The smallest absolute Gasteiger partial charge is 0.344 e. The maximum atomic E-state index is 12.6. The van der Waals surface area contributed by atoms with E-state index in [4.69, 9.17) is 14.2 Å². The first-order chi connectivity index (χ1) is 15.1. The molecule has 0 aliphatic heterocycles. The summed E-state index contributed by atoms with van der Waals surface area (Å²) in [6.45, 7) is 3.53. The van der Waals surface area contributed by atoms with Gasteiger partial charge in [-0.1, -0.05) is 60.7 Å². The molecule has 1 amide bonds. The van der Waals surface area contributed by atoms with Crippen molar-refractivity contribution >= 4 is 17.6 Å². The number of hydrogen-bond acceptors (Lipinski definition) is 5. The van der Waals surface area contributed by atoms with Crippen LogP contribution in [0.15, 0.2) is 78.9 Å². The lowest BCUT2D eigenvalue weighted by molar-refractivity contribution is -0.155. The van der Waals surface area contributed by atoms with Gasteiger partial charge in [-0.05, 0) is 37.6 Å². The summed E-state index contributed by atoms with van der Waals surface area (Å²) in [5.74, 6) is -0.0898. The molecule has 0 spiro atoms. The number of esters is 1. The van der Waals surface area contributed by atoms with Crippen LogP contribution in [-0.4, -0.2) is 31.2 Å². The van der Waals surface area contributed by atoms with Crippen molar-refractivity contribution < 1.29 is 23.8 Å². The number of para-hydroxylation sites is 3. The molecule has 0 aliphatic rings. The fourth-order valence-electron chi connectivity index (χ4n) is 2.96. The number of carbonyl (C=O) groups is 2.